The fourth-order valence-corrected chi connectivity index (χ4v) is 2.52. The molecule has 1 aromatic heterocycles. The molecule has 0 aliphatic heterocycles. The molecule has 2 aromatic carbocycles. The number of rotatable bonds is 6. The number of H-pyrrole nitrogens is 2. The topological polar surface area (TPSA) is 153 Å². The Kier molecular flexibility index (Phi) is 7.19. The van der Waals surface area contributed by atoms with Crippen molar-refractivity contribution in [2.24, 2.45) is 5.73 Å². The fourth-order valence-electron chi connectivity index (χ4n) is 2.52. The van der Waals surface area contributed by atoms with E-state index in [1.165, 1.54) is 18.2 Å². The largest absolute Gasteiger partial charge is 0.505 e. The number of nitrogens with one attached hydrogen (secondary N) is 4. The smallest absolute Gasteiger partial charge is 0.288 e. The van der Waals surface area contributed by atoms with Crippen LogP contribution in [0.4, 0.5) is 17.1 Å². The van der Waals surface area contributed by atoms with Crippen LogP contribution in [-0.2, 0) is 6.54 Å². The Morgan fingerprint density at radius 3 is 2.21 bits per heavy atom. The Morgan fingerprint density at radius 2 is 1.59 bits per heavy atom. The molecule has 0 spiro atoms. The Morgan fingerprint density at radius 1 is 0.966 bits per heavy atom. The quantitative estimate of drug-likeness (QED) is 0.351. The number of para-hydroxylation sites is 1. The lowest BCUT2D eigenvalue weighted by Gasteiger charge is -2.14. The third-order valence-corrected chi connectivity index (χ3v) is 3.87. The Hall–Kier alpha value is -4.01. The number of hydrogen-bond acceptors (Lipinski definition) is 6. The first-order valence-corrected chi connectivity index (χ1v) is 8.99. The van der Waals surface area contributed by atoms with Crippen molar-refractivity contribution in [3.8, 4) is 5.75 Å². The van der Waals surface area contributed by atoms with Crippen molar-refractivity contribution in [3.63, 3.8) is 0 Å². The van der Waals surface area contributed by atoms with Crippen LogP contribution in [0, 0.1) is 0 Å². The van der Waals surface area contributed by atoms with E-state index >= 15 is 0 Å². The van der Waals surface area contributed by atoms with Crippen molar-refractivity contribution < 1.29 is 9.90 Å². The van der Waals surface area contributed by atoms with Gasteiger partial charge in [-0.05, 0) is 17.7 Å². The standard InChI is InChI=1S/C18H17N5O4.C2H6/c19-16(25)11-7-4-8-12(15(11)24)21-14-13(17(26)22-23-18(14)27)20-9-10-5-2-1-3-6-10;1-2/h1-8,24H,9H2,(H2,19,25)(H2,20,23,27)(H2,21,22,26);1-2H3. The minimum absolute atomic E-state index is 0.00789. The zero-order valence-electron chi connectivity index (χ0n) is 16.1. The van der Waals surface area contributed by atoms with E-state index in [1.807, 2.05) is 44.2 Å². The maximum Gasteiger partial charge on any atom is 0.288 e. The van der Waals surface area contributed by atoms with Crippen LogP contribution in [0.25, 0.3) is 0 Å². The summed E-state index contributed by atoms with van der Waals surface area (Å²) in [7, 11) is 0. The minimum Gasteiger partial charge on any atom is -0.505 e. The molecule has 0 fully saturated rings. The van der Waals surface area contributed by atoms with Crippen LogP contribution in [0.1, 0.15) is 29.8 Å². The summed E-state index contributed by atoms with van der Waals surface area (Å²) < 4.78 is 0. The van der Waals surface area contributed by atoms with Crippen LogP contribution in [0.2, 0.25) is 0 Å². The van der Waals surface area contributed by atoms with Crippen LogP contribution < -0.4 is 27.5 Å². The zero-order valence-corrected chi connectivity index (χ0v) is 16.1. The van der Waals surface area contributed by atoms with E-state index in [-0.39, 0.29) is 22.6 Å². The average molecular weight is 397 g/mol. The maximum atomic E-state index is 12.2. The third kappa shape index (κ3) is 5.04. The number of benzene rings is 2. The van der Waals surface area contributed by atoms with Crippen molar-refractivity contribution in [2.75, 3.05) is 10.6 Å². The van der Waals surface area contributed by atoms with Gasteiger partial charge in [0.2, 0.25) is 0 Å². The van der Waals surface area contributed by atoms with Crippen LogP contribution >= 0.6 is 0 Å². The van der Waals surface area contributed by atoms with Gasteiger partial charge in [-0.25, -0.2) is 0 Å². The van der Waals surface area contributed by atoms with E-state index in [0.29, 0.717) is 6.54 Å². The normalized spacial score (nSPS) is 9.86. The summed E-state index contributed by atoms with van der Waals surface area (Å²) >= 11 is 0. The number of aromatic nitrogens is 2. The molecule has 0 unspecified atom stereocenters. The lowest BCUT2D eigenvalue weighted by molar-refractivity contribution is 0.0998. The number of amides is 1. The summed E-state index contributed by atoms with van der Waals surface area (Å²) in [4.78, 5) is 35.8. The molecular formula is C20H23N5O4. The van der Waals surface area contributed by atoms with Crippen molar-refractivity contribution in [1.29, 1.82) is 0 Å². The fraction of sp³-hybridized carbons (Fsp3) is 0.150. The number of aromatic amines is 2. The monoisotopic (exact) mass is 397 g/mol. The molecule has 29 heavy (non-hydrogen) atoms. The molecule has 0 saturated heterocycles. The van der Waals surface area contributed by atoms with Crippen molar-refractivity contribution in [2.45, 2.75) is 20.4 Å². The first-order chi connectivity index (χ1) is 14.0. The summed E-state index contributed by atoms with van der Waals surface area (Å²) in [5.74, 6) is -1.24. The first-order valence-electron chi connectivity index (χ1n) is 8.99. The molecule has 0 atom stereocenters. The number of aromatic hydroxyl groups is 1. The number of hydrogen-bond donors (Lipinski definition) is 6. The second kappa shape index (κ2) is 9.79. The van der Waals surface area contributed by atoms with Gasteiger partial charge in [0.1, 0.15) is 11.4 Å². The van der Waals surface area contributed by atoms with Crippen LogP contribution in [0.3, 0.4) is 0 Å². The predicted octanol–water partition coefficient (Wildman–Crippen LogP) is 2.25. The number of carbonyl (C=O) groups is 1. The molecule has 9 nitrogen and oxygen atoms in total. The highest BCUT2D eigenvalue weighted by Gasteiger charge is 2.16. The highest BCUT2D eigenvalue weighted by atomic mass is 16.3. The SMILES string of the molecule is CC.NC(=O)c1cccc(Nc2c(NCc3ccccc3)c(=O)[nH][nH]c2=O)c1O. The lowest BCUT2D eigenvalue weighted by Crippen LogP contribution is -2.26. The molecule has 3 rings (SSSR count). The van der Waals surface area contributed by atoms with Crippen LogP contribution in [0.5, 0.6) is 5.75 Å². The van der Waals surface area contributed by atoms with Gasteiger partial charge in [-0.1, -0.05) is 50.2 Å². The Labute approximate surface area is 166 Å². The molecule has 9 heteroatoms. The second-order valence-electron chi connectivity index (χ2n) is 5.69. The van der Waals surface area contributed by atoms with E-state index < -0.39 is 22.8 Å². The number of nitrogens with two attached hydrogens (primary N) is 1. The predicted molar refractivity (Wildman–Crippen MR) is 113 cm³/mol. The molecule has 7 N–H and O–H groups in total. The summed E-state index contributed by atoms with van der Waals surface area (Å²) in [6.07, 6.45) is 0. The van der Waals surface area contributed by atoms with Crippen LogP contribution in [0.15, 0.2) is 58.1 Å². The molecule has 1 heterocycles. The molecular weight excluding hydrogens is 374 g/mol. The van der Waals surface area contributed by atoms with Gasteiger partial charge in [-0.2, -0.15) is 0 Å². The van der Waals surface area contributed by atoms with E-state index in [4.69, 9.17) is 5.73 Å². The van der Waals surface area contributed by atoms with Gasteiger partial charge < -0.3 is 21.5 Å². The number of primary amides is 1. The molecule has 152 valence electrons. The van der Waals surface area contributed by atoms with Crippen molar-refractivity contribution in [1.82, 2.24) is 10.2 Å². The first kappa shape index (κ1) is 21.3. The second-order valence-corrected chi connectivity index (χ2v) is 5.69. The molecule has 3 aromatic rings. The lowest BCUT2D eigenvalue weighted by atomic mass is 10.1. The molecule has 0 aliphatic carbocycles. The summed E-state index contributed by atoms with van der Waals surface area (Å²) in [6, 6.07) is 13.6. The van der Waals surface area contributed by atoms with Crippen molar-refractivity contribution in [3.05, 3.63) is 80.4 Å². The van der Waals surface area contributed by atoms with E-state index in [9.17, 15) is 19.5 Å². The van der Waals surface area contributed by atoms with Crippen LogP contribution in [-0.4, -0.2) is 21.2 Å². The van der Waals surface area contributed by atoms with Gasteiger partial charge in [0.05, 0.1) is 11.3 Å². The van der Waals surface area contributed by atoms with Gasteiger partial charge in [0, 0.05) is 6.54 Å². The van der Waals surface area contributed by atoms with Gasteiger partial charge in [0.25, 0.3) is 17.0 Å². The number of carbonyl (C=O) groups excluding carboxylic acids is 1. The molecule has 0 radical (unpaired) electrons. The molecule has 0 saturated carbocycles. The molecule has 0 bridgehead atoms. The van der Waals surface area contributed by atoms with Crippen molar-refractivity contribution >= 4 is 23.0 Å². The van der Waals surface area contributed by atoms with Gasteiger partial charge in [0.15, 0.2) is 5.75 Å². The van der Waals surface area contributed by atoms with Gasteiger partial charge in [-0.15, -0.1) is 0 Å². The molecule has 0 aliphatic rings. The number of anilines is 3. The minimum atomic E-state index is -0.821. The average Bonchev–Trinajstić information content (AvgIpc) is 2.73. The summed E-state index contributed by atoms with van der Waals surface area (Å²) in [6.45, 7) is 4.30. The molecule has 1 amide bonds. The Bertz CT molecular complexity index is 1090. The summed E-state index contributed by atoms with van der Waals surface area (Å²) in [5, 5.41) is 20.3. The van der Waals surface area contributed by atoms with Gasteiger partial charge >= 0.3 is 0 Å². The highest BCUT2D eigenvalue weighted by Crippen LogP contribution is 2.30. The number of phenols is 1. The van der Waals surface area contributed by atoms with Gasteiger partial charge in [-0.3, -0.25) is 24.6 Å². The third-order valence-electron chi connectivity index (χ3n) is 3.87. The Balaban J connectivity index is 0.00000145. The van der Waals surface area contributed by atoms with E-state index in [2.05, 4.69) is 20.8 Å². The zero-order chi connectivity index (χ0) is 21.4. The van der Waals surface area contributed by atoms with E-state index in [0.717, 1.165) is 5.56 Å². The van der Waals surface area contributed by atoms with E-state index in [1.54, 1.807) is 0 Å². The summed E-state index contributed by atoms with van der Waals surface area (Å²) in [5.41, 5.74) is 4.78. The maximum absolute atomic E-state index is 12.2. The highest BCUT2D eigenvalue weighted by molar-refractivity contribution is 5.98.